The summed E-state index contributed by atoms with van der Waals surface area (Å²) in [5.74, 6) is -1.51. The van der Waals surface area contributed by atoms with Gasteiger partial charge >= 0.3 is 0 Å². The highest BCUT2D eigenvalue weighted by molar-refractivity contribution is 7.99. The zero-order valence-corrected chi connectivity index (χ0v) is 23.9. The average Bonchev–Trinajstić information content (AvgIpc) is 3.30. The number of fused-ring (bicyclic) bond motifs is 1. The van der Waals surface area contributed by atoms with Gasteiger partial charge in [0, 0.05) is 41.5 Å². The van der Waals surface area contributed by atoms with E-state index in [9.17, 15) is 23.2 Å². The van der Waals surface area contributed by atoms with Crippen LogP contribution in [0.25, 0.3) is 0 Å². The molecule has 11 heteroatoms. The van der Waals surface area contributed by atoms with Crippen LogP contribution < -0.4 is 15.0 Å². The number of piperidine rings is 2. The van der Waals surface area contributed by atoms with Gasteiger partial charge in [-0.1, -0.05) is 12.1 Å². The highest BCUT2D eigenvalue weighted by atomic mass is 32.2. The van der Waals surface area contributed by atoms with Gasteiger partial charge in [-0.2, -0.15) is 4.39 Å². The monoisotopic (exact) mass is 592 g/mol. The van der Waals surface area contributed by atoms with Crippen molar-refractivity contribution in [3.05, 3.63) is 82.5 Å². The molecule has 0 saturated carbocycles. The molecular weight excluding hydrogens is 562 g/mol. The minimum Gasteiger partial charge on any atom is -0.488 e. The maximum Gasteiger partial charge on any atom is 0.255 e. The highest BCUT2D eigenvalue weighted by Crippen LogP contribution is 2.35. The third-order valence-electron chi connectivity index (χ3n) is 8.00. The third kappa shape index (κ3) is 5.70. The molecule has 3 aliphatic rings. The number of ether oxygens (including phenoxy) is 1. The predicted octanol–water partition coefficient (Wildman–Crippen LogP) is 4.77. The number of hydrogen-bond donors (Lipinski definition) is 1. The molecular formula is C31H30F2N4O4S. The quantitative estimate of drug-likeness (QED) is 0.312. The van der Waals surface area contributed by atoms with Gasteiger partial charge in [0.2, 0.25) is 17.8 Å². The Morgan fingerprint density at radius 2 is 1.86 bits per heavy atom. The van der Waals surface area contributed by atoms with Crippen LogP contribution in [0.2, 0.25) is 0 Å². The molecule has 1 aromatic heterocycles. The summed E-state index contributed by atoms with van der Waals surface area (Å²) in [5, 5.41) is 3.13. The number of nitrogens with one attached hydrogen (secondary N) is 1. The van der Waals surface area contributed by atoms with Crippen LogP contribution in [0.1, 0.15) is 52.7 Å². The van der Waals surface area contributed by atoms with E-state index in [1.54, 1.807) is 36.4 Å². The van der Waals surface area contributed by atoms with Crippen molar-refractivity contribution in [2.75, 3.05) is 18.0 Å². The van der Waals surface area contributed by atoms with Gasteiger partial charge < -0.3 is 14.5 Å². The van der Waals surface area contributed by atoms with Crippen LogP contribution in [0.4, 0.5) is 14.5 Å². The first-order valence-corrected chi connectivity index (χ1v) is 14.9. The molecule has 42 heavy (non-hydrogen) atoms. The first-order valence-electron chi connectivity index (χ1n) is 14.0. The van der Waals surface area contributed by atoms with E-state index in [4.69, 9.17) is 4.74 Å². The summed E-state index contributed by atoms with van der Waals surface area (Å²) in [6.07, 6.45) is 2.11. The Morgan fingerprint density at radius 1 is 1.05 bits per heavy atom. The lowest BCUT2D eigenvalue weighted by atomic mass is 10.0. The smallest absolute Gasteiger partial charge is 0.255 e. The van der Waals surface area contributed by atoms with Crippen LogP contribution in [-0.2, 0) is 22.7 Å². The van der Waals surface area contributed by atoms with E-state index >= 15 is 0 Å². The lowest BCUT2D eigenvalue weighted by Crippen LogP contribution is -2.52. The zero-order valence-electron chi connectivity index (χ0n) is 23.1. The second kappa shape index (κ2) is 11.7. The number of aromatic nitrogens is 1. The van der Waals surface area contributed by atoms with Crippen molar-refractivity contribution in [2.24, 2.45) is 0 Å². The van der Waals surface area contributed by atoms with Gasteiger partial charge in [0.1, 0.15) is 24.2 Å². The largest absolute Gasteiger partial charge is 0.488 e. The van der Waals surface area contributed by atoms with Crippen LogP contribution in [-0.4, -0.2) is 52.0 Å². The van der Waals surface area contributed by atoms with Crippen LogP contribution in [0.5, 0.6) is 5.75 Å². The Bertz CT molecular complexity index is 1560. The predicted molar refractivity (Wildman–Crippen MR) is 153 cm³/mol. The van der Waals surface area contributed by atoms with E-state index < -0.39 is 17.9 Å². The Hall–Kier alpha value is -3.99. The highest BCUT2D eigenvalue weighted by Gasteiger charge is 2.40. The molecule has 3 aliphatic heterocycles. The van der Waals surface area contributed by atoms with Crippen molar-refractivity contribution in [1.82, 2.24) is 15.2 Å². The van der Waals surface area contributed by atoms with E-state index in [0.717, 1.165) is 31.5 Å². The number of amides is 3. The lowest BCUT2D eigenvalue weighted by Gasteiger charge is -2.33. The zero-order chi connectivity index (χ0) is 29.4. The van der Waals surface area contributed by atoms with Gasteiger partial charge in [0.15, 0.2) is 0 Å². The molecule has 8 nitrogen and oxygen atoms in total. The minimum absolute atomic E-state index is 0.0760. The van der Waals surface area contributed by atoms with Gasteiger partial charge in [-0.3, -0.25) is 19.7 Å². The van der Waals surface area contributed by atoms with Crippen LogP contribution >= 0.6 is 11.8 Å². The fraction of sp³-hybridized carbons (Fsp3) is 0.355. The summed E-state index contributed by atoms with van der Waals surface area (Å²) in [6, 6.07) is 13.1. The Kier molecular flexibility index (Phi) is 7.85. The summed E-state index contributed by atoms with van der Waals surface area (Å²) >= 11 is 1.53. The number of anilines is 1. The minimum atomic E-state index is -0.724. The van der Waals surface area contributed by atoms with Gasteiger partial charge in [-0.25, -0.2) is 9.37 Å². The first-order chi connectivity index (χ1) is 20.3. The number of hydrogen-bond acceptors (Lipinski definition) is 7. The Labute approximate surface area is 246 Å². The van der Waals surface area contributed by atoms with Gasteiger partial charge in [-0.05, 0) is 68.1 Å². The summed E-state index contributed by atoms with van der Waals surface area (Å²) in [6.45, 7) is 3.40. The molecule has 2 saturated heterocycles. The number of benzene rings is 2. The maximum absolute atomic E-state index is 15.0. The van der Waals surface area contributed by atoms with Crippen molar-refractivity contribution in [1.29, 1.82) is 0 Å². The van der Waals surface area contributed by atoms with Crippen molar-refractivity contribution >= 4 is 35.2 Å². The summed E-state index contributed by atoms with van der Waals surface area (Å²) < 4.78 is 35.3. The first kappa shape index (κ1) is 28.1. The number of carbonyl (C=O) groups is 3. The number of nitrogens with zero attached hydrogens (tertiary/aromatic N) is 3. The maximum atomic E-state index is 15.0. The van der Waals surface area contributed by atoms with Crippen molar-refractivity contribution in [2.45, 2.75) is 62.1 Å². The molecule has 3 amide bonds. The number of pyridine rings is 1. The summed E-state index contributed by atoms with van der Waals surface area (Å²) in [5.41, 5.74) is 2.86. The second-order valence-electron chi connectivity index (χ2n) is 10.8. The molecule has 0 aliphatic carbocycles. The molecule has 0 unspecified atom stereocenters. The molecule has 3 aromatic rings. The van der Waals surface area contributed by atoms with Gasteiger partial charge in [0.05, 0.1) is 17.3 Å². The van der Waals surface area contributed by atoms with E-state index in [2.05, 4.69) is 15.2 Å². The molecule has 6 rings (SSSR count). The molecule has 0 bridgehead atoms. The molecule has 2 fully saturated rings. The van der Waals surface area contributed by atoms with E-state index in [1.807, 2.05) is 19.1 Å². The van der Waals surface area contributed by atoms with Crippen molar-refractivity contribution < 1.29 is 27.9 Å². The van der Waals surface area contributed by atoms with Crippen LogP contribution in [0, 0.1) is 18.7 Å². The molecule has 4 heterocycles. The average molecular weight is 593 g/mol. The number of rotatable bonds is 7. The fourth-order valence-corrected chi connectivity index (χ4v) is 6.79. The molecule has 2 aromatic carbocycles. The van der Waals surface area contributed by atoms with Crippen molar-refractivity contribution in [3.63, 3.8) is 0 Å². The number of carbonyl (C=O) groups excluding carboxylic acids is 3. The van der Waals surface area contributed by atoms with Crippen LogP contribution in [0.15, 0.2) is 53.6 Å². The number of halogens is 2. The molecule has 0 radical (unpaired) electrons. The van der Waals surface area contributed by atoms with Crippen molar-refractivity contribution in [3.8, 4) is 5.75 Å². The Balaban J connectivity index is 1.06. The summed E-state index contributed by atoms with van der Waals surface area (Å²) in [4.78, 5) is 44.6. The molecule has 0 spiro atoms. The van der Waals surface area contributed by atoms with E-state index in [1.165, 1.54) is 16.7 Å². The number of imide groups is 1. The second-order valence-corrected chi connectivity index (χ2v) is 12.2. The van der Waals surface area contributed by atoms with Crippen LogP contribution in [0.3, 0.4) is 0 Å². The molecule has 1 N–H and O–H groups in total. The fourth-order valence-electron chi connectivity index (χ4n) is 5.72. The van der Waals surface area contributed by atoms with Gasteiger partial charge in [-0.15, -0.1) is 11.8 Å². The normalized spacial score (nSPS) is 19.2. The number of thioether (sulfide) groups is 1. The number of aryl methyl sites for hydroxylation is 1. The SMILES string of the molecule is Cc1ccc(N2CCC(Sc3ccc(COc4cccc5c4CN([C@H]4CCC(=O)NC4=O)C5=O)c(F)n3)CC2)c(F)c1. The standard InChI is InChI=1S/C31H30F2N4O4S/c1-18-5-7-24(23(32)15-18)36-13-11-20(12-14-36)42-28-10-6-19(29(33)35-28)17-41-26-4-2-3-21-22(26)16-37(31(21)40)25-8-9-27(38)34-30(25)39/h2-7,10,15,20,25H,8-9,11-14,16-17H2,1H3,(H,34,38,39)/t25-/m0/s1. The molecule has 1 atom stereocenters. The van der Waals surface area contributed by atoms with Gasteiger partial charge in [0.25, 0.3) is 5.91 Å². The van der Waals surface area contributed by atoms with E-state index in [-0.39, 0.29) is 54.4 Å². The molecule has 218 valence electrons. The topological polar surface area (TPSA) is 91.8 Å². The Morgan fingerprint density at radius 3 is 2.60 bits per heavy atom. The van der Waals surface area contributed by atoms with E-state index in [0.29, 0.717) is 27.6 Å². The third-order valence-corrected chi connectivity index (χ3v) is 9.27. The lowest BCUT2D eigenvalue weighted by molar-refractivity contribution is -0.136. The summed E-state index contributed by atoms with van der Waals surface area (Å²) in [7, 11) is 0.